The molecule has 0 fully saturated rings. The molecule has 0 radical (unpaired) electrons. The molecule has 0 aliphatic heterocycles. The molecule has 2 aromatic heterocycles. The van der Waals surface area contributed by atoms with Crippen molar-refractivity contribution in [1.82, 2.24) is 25.0 Å². The summed E-state index contributed by atoms with van der Waals surface area (Å²) < 4.78 is 31.0. The molecule has 3 aromatic rings. The lowest BCUT2D eigenvalue weighted by Crippen LogP contribution is -2.39. The van der Waals surface area contributed by atoms with Crippen molar-refractivity contribution in [1.29, 1.82) is 0 Å². The van der Waals surface area contributed by atoms with E-state index in [1.807, 2.05) is 36.6 Å². The van der Waals surface area contributed by atoms with E-state index >= 15 is 0 Å². The van der Waals surface area contributed by atoms with Gasteiger partial charge in [-0.15, -0.1) is 45.5 Å². The van der Waals surface area contributed by atoms with Crippen molar-refractivity contribution >= 4 is 41.3 Å². The molecule has 0 unspecified atom stereocenters. The van der Waals surface area contributed by atoms with Gasteiger partial charge in [0.1, 0.15) is 18.1 Å². The van der Waals surface area contributed by atoms with Gasteiger partial charge < -0.3 is 19.5 Å². The van der Waals surface area contributed by atoms with Crippen LogP contribution >= 0.6 is 35.3 Å². The highest BCUT2D eigenvalue weighted by atomic mass is 127. The number of aromatic nitrogens is 3. The molecule has 0 bridgehead atoms. The smallest absolute Gasteiger partial charge is 0.387 e. The van der Waals surface area contributed by atoms with Crippen LogP contribution in [0.25, 0.3) is 0 Å². The number of benzene rings is 1. The van der Waals surface area contributed by atoms with Gasteiger partial charge in [0.05, 0.1) is 0 Å². The van der Waals surface area contributed by atoms with Gasteiger partial charge in [-0.2, -0.15) is 8.78 Å². The number of rotatable bonds is 9. The molecule has 2 heterocycles. The van der Waals surface area contributed by atoms with Gasteiger partial charge in [-0.1, -0.05) is 18.2 Å². The molecule has 0 saturated heterocycles. The highest BCUT2D eigenvalue weighted by Gasteiger charge is 2.11. The summed E-state index contributed by atoms with van der Waals surface area (Å²) in [5.74, 6) is 2.47. The number of nitrogens with one attached hydrogen (secondary N) is 1. The summed E-state index contributed by atoms with van der Waals surface area (Å²) in [7, 11) is 3.85. The summed E-state index contributed by atoms with van der Waals surface area (Å²) in [6.45, 7) is 0.752. The molecule has 0 spiro atoms. The Labute approximate surface area is 207 Å². The number of ether oxygens (including phenoxy) is 1. The average Bonchev–Trinajstić information content (AvgIpc) is 3.36. The van der Waals surface area contributed by atoms with Crippen molar-refractivity contribution in [3.63, 3.8) is 0 Å². The third-order valence-electron chi connectivity index (χ3n) is 4.72. The molecule has 1 aromatic carbocycles. The molecule has 7 nitrogen and oxygen atoms in total. The first kappa shape index (κ1) is 26.0. The van der Waals surface area contributed by atoms with Crippen molar-refractivity contribution in [3.05, 3.63) is 63.9 Å². The second kappa shape index (κ2) is 12.7. The highest BCUT2D eigenvalue weighted by Crippen LogP contribution is 2.16. The normalized spacial score (nSPS) is 11.4. The Bertz CT molecular complexity index is 979. The molecular formula is C21H27F2IN6OS. The van der Waals surface area contributed by atoms with E-state index in [0.29, 0.717) is 13.1 Å². The van der Waals surface area contributed by atoms with E-state index in [1.54, 1.807) is 35.6 Å². The number of guanidine groups is 1. The summed E-state index contributed by atoms with van der Waals surface area (Å²) in [4.78, 5) is 8.01. The third kappa shape index (κ3) is 7.69. The quantitative estimate of drug-likeness (QED) is 0.235. The monoisotopic (exact) mass is 576 g/mol. The van der Waals surface area contributed by atoms with E-state index in [4.69, 9.17) is 4.99 Å². The zero-order chi connectivity index (χ0) is 22.2. The van der Waals surface area contributed by atoms with Crippen molar-refractivity contribution in [2.75, 3.05) is 13.6 Å². The van der Waals surface area contributed by atoms with Crippen LogP contribution < -0.4 is 10.1 Å². The Morgan fingerprint density at radius 2 is 2.00 bits per heavy atom. The Balaban J connectivity index is 0.00000363. The van der Waals surface area contributed by atoms with Crippen molar-refractivity contribution in [2.24, 2.45) is 12.0 Å². The lowest BCUT2D eigenvalue weighted by Gasteiger charge is -2.23. The summed E-state index contributed by atoms with van der Waals surface area (Å²) in [6.07, 6.45) is 0.896. The minimum Gasteiger partial charge on any atom is -0.435 e. The Morgan fingerprint density at radius 3 is 2.59 bits per heavy atom. The molecular weight excluding hydrogens is 549 g/mol. The SMILES string of the molecule is Cc1nnc(CN=C(NCCc2cccs2)N(C)Cc2ccc(OC(F)F)cc2)n1C.I. The summed E-state index contributed by atoms with van der Waals surface area (Å²) >= 11 is 1.73. The molecule has 32 heavy (non-hydrogen) atoms. The number of thiophene rings is 1. The fraction of sp³-hybridized carbons (Fsp3) is 0.381. The van der Waals surface area contributed by atoms with Crippen LogP contribution in [-0.2, 0) is 26.6 Å². The number of nitrogens with zero attached hydrogens (tertiary/aromatic N) is 5. The zero-order valence-corrected chi connectivity index (χ0v) is 21.3. The molecule has 11 heteroatoms. The van der Waals surface area contributed by atoms with Gasteiger partial charge in [-0.05, 0) is 42.5 Å². The number of halogens is 3. The standard InChI is InChI=1S/C21H26F2N6OS.HI/c1-15-26-27-19(29(15)3)13-25-21(24-11-10-18-5-4-12-31-18)28(2)14-16-6-8-17(9-7-16)30-20(22)23;/h4-9,12,20H,10-11,13-14H2,1-3H3,(H,24,25);1H. The molecule has 0 atom stereocenters. The van der Waals surface area contributed by atoms with Crippen LogP contribution in [0.5, 0.6) is 5.75 Å². The van der Waals surface area contributed by atoms with Crippen LogP contribution in [0.1, 0.15) is 22.1 Å². The van der Waals surface area contributed by atoms with E-state index in [1.165, 1.54) is 4.88 Å². The molecule has 0 amide bonds. The topological polar surface area (TPSA) is 67.6 Å². The third-order valence-corrected chi connectivity index (χ3v) is 5.65. The van der Waals surface area contributed by atoms with E-state index in [9.17, 15) is 8.78 Å². The molecule has 0 aliphatic rings. The van der Waals surface area contributed by atoms with Crippen LogP contribution in [0.3, 0.4) is 0 Å². The van der Waals surface area contributed by atoms with Crippen LogP contribution in [0.15, 0.2) is 46.8 Å². The van der Waals surface area contributed by atoms with Gasteiger partial charge in [0.15, 0.2) is 11.8 Å². The predicted molar refractivity (Wildman–Crippen MR) is 133 cm³/mol. The maximum atomic E-state index is 12.3. The number of hydrogen-bond donors (Lipinski definition) is 1. The summed E-state index contributed by atoms with van der Waals surface area (Å²) in [5, 5.41) is 13.7. The zero-order valence-electron chi connectivity index (χ0n) is 18.2. The van der Waals surface area contributed by atoms with Crippen LogP contribution in [0.2, 0.25) is 0 Å². The maximum Gasteiger partial charge on any atom is 0.387 e. The van der Waals surface area contributed by atoms with Gasteiger partial charge in [0, 0.05) is 32.1 Å². The van der Waals surface area contributed by atoms with Gasteiger partial charge >= 0.3 is 6.61 Å². The summed E-state index contributed by atoms with van der Waals surface area (Å²) in [6, 6.07) is 10.8. The Morgan fingerprint density at radius 1 is 1.25 bits per heavy atom. The number of hydrogen-bond acceptors (Lipinski definition) is 5. The van der Waals surface area contributed by atoms with E-state index in [2.05, 4.69) is 31.7 Å². The van der Waals surface area contributed by atoms with Gasteiger partial charge in [-0.25, -0.2) is 4.99 Å². The van der Waals surface area contributed by atoms with Gasteiger partial charge in [0.25, 0.3) is 0 Å². The van der Waals surface area contributed by atoms with Crippen molar-refractivity contribution in [3.8, 4) is 5.75 Å². The minimum absolute atomic E-state index is 0. The van der Waals surface area contributed by atoms with Crippen molar-refractivity contribution < 1.29 is 13.5 Å². The fourth-order valence-electron chi connectivity index (χ4n) is 2.92. The first-order chi connectivity index (χ1) is 14.9. The number of aliphatic imine (C=N–C) groups is 1. The molecule has 0 aliphatic carbocycles. The molecule has 174 valence electrons. The summed E-state index contributed by atoms with van der Waals surface area (Å²) in [5.41, 5.74) is 0.950. The minimum atomic E-state index is -2.83. The largest absolute Gasteiger partial charge is 0.435 e. The van der Waals surface area contributed by atoms with Gasteiger partial charge in [0.2, 0.25) is 0 Å². The van der Waals surface area contributed by atoms with Crippen LogP contribution in [0.4, 0.5) is 8.78 Å². The van der Waals surface area contributed by atoms with Gasteiger partial charge in [-0.3, -0.25) is 0 Å². The predicted octanol–water partition coefficient (Wildman–Crippen LogP) is 4.22. The lowest BCUT2D eigenvalue weighted by molar-refractivity contribution is -0.0498. The van der Waals surface area contributed by atoms with Crippen LogP contribution in [0, 0.1) is 6.92 Å². The molecule has 3 rings (SSSR count). The fourth-order valence-corrected chi connectivity index (χ4v) is 3.63. The first-order valence-electron chi connectivity index (χ1n) is 9.83. The first-order valence-corrected chi connectivity index (χ1v) is 10.7. The second-order valence-corrected chi connectivity index (χ2v) is 8.03. The second-order valence-electron chi connectivity index (χ2n) is 7.00. The lowest BCUT2D eigenvalue weighted by atomic mass is 10.2. The average molecular weight is 576 g/mol. The number of alkyl halides is 2. The number of aryl methyl sites for hydroxylation is 1. The van der Waals surface area contributed by atoms with E-state index in [0.717, 1.165) is 36.1 Å². The highest BCUT2D eigenvalue weighted by molar-refractivity contribution is 14.0. The Hall–Kier alpha value is -2.28. The van der Waals surface area contributed by atoms with Crippen LogP contribution in [-0.4, -0.2) is 45.8 Å². The Kier molecular flexibility index (Phi) is 10.3. The molecule has 1 N–H and O–H groups in total. The molecule has 0 saturated carbocycles. The van der Waals surface area contributed by atoms with E-state index in [-0.39, 0.29) is 29.7 Å². The van der Waals surface area contributed by atoms with Crippen molar-refractivity contribution in [2.45, 2.75) is 33.0 Å². The van der Waals surface area contributed by atoms with E-state index < -0.39 is 6.61 Å². The maximum absolute atomic E-state index is 12.3.